The van der Waals surface area contributed by atoms with Gasteiger partial charge in [-0.1, -0.05) is 17.6 Å². The van der Waals surface area contributed by atoms with E-state index in [2.05, 4.69) is 4.98 Å². The third-order valence-electron chi connectivity index (χ3n) is 1.87. The lowest BCUT2D eigenvalue weighted by molar-refractivity contribution is 0.644. The van der Waals surface area contributed by atoms with Crippen LogP contribution in [0.15, 0.2) is 29.1 Å². The monoisotopic (exact) mass is 173 g/mol. The number of aromatic amines is 1. The zero-order chi connectivity index (χ0) is 9.42. The highest BCUT2D eigenvalue weighted by molar-refractivity contribution is 6.33. The maximum absolute atomic E-state index is 13.3. The van der Waals surface area contributed by atoms with Gasteiger partial charge in [0, 0.05) is 11.5 Å². The molecule has 0 atom stereocenters. The van der Waals surface area contributed by atoms with Gasteiger partial charge in [0.2, 0.25) is 5.56 Å². The van der Waals surface area contributed by atoms with E-state index in [-0.39, 0.29) is 16.5 Å². The topological polar surface area (TPSA) is 32.9 Å². The van der Waals surface area contributed by atoms with Crippen molar-refractivity contribution in [1.82, 2.24) is 4.98 Å². The number of benzene rings is 1. The molecule has 0 saturated carbocycles. The van der Waals surface area contributed by atoms with Crippen LogP contribution in [0.5, 0.6) is 0 Å². The molecule has 2 rings (SSSR count). The second-order valence-corrected chi connectivity index (χ2v) is 2.76. The van der Waals surface area contributed by atoms with Crippen LogP contribution in [0, 0.1) is 5.82 Å². The van der Waals surface area contributed by atoms with Gasteiger partial charge in [0.05, 0.1) is 5.52 Å². The Labute approximate surface area is 74.8 Å². The van der Waals surface area contributed by atoms with Gasteiger partial charge in [-0.05, 0) is 6.07 Å². The number of halogens is 1. The quantitative estimate of drug-likeness (QED) is 0.576. The molecule has 0 aliphatic heterocycles. The second kappa shape index (κ2) is 2.73. The Kier molecular flexibility index (Phi) is 1.69. The summed E-state index contributed by atoms with van der Waals surface area (Å²) in [5.74, 6) is -0.574. The van der Waals surface area contributed by atoms with Crippen molar-refractivity contribution in [2.24, 2.45) is 0 Å². The Morgan fingerprint density at radius 1 is 1.23 bits per heavy atom. The number of pyridine rings is 1. The molecule has 0 aliphatic rings. The minimum Gasteiger partial charge on any atom is -0.319 e. The van der Waals surface area contributed by atoms with Crippen LogP contribution in [0.3, 0.4) is 0 Å². The van der Waals surface area contributed by atoms with Crippen LogP contribution in [0.1, 0.15) is 0 Å². The summed E-state index contributed by atoms with van der Waals surface area (Å²) in [6, 6.07) is 6.02. The smallest absolute Gasteiger partial charge is 0.248 e. The Morgan fingerprint density at radius 2 is 1.92 bits per heavy atom. The molecule has 0 fully saturated rings. The largest absolute Gasteiger partial charge is 0.319 e. The molecule has 0 aliphatic carbocycles. The van der Waals surface area contributed by atoms with Gasteiger partial charge in [-0.25, -0.2) is 4.39 Å². The van der Waals surface area contributed by atoms with Crippen molar-refractivity contribution in [3.05, 3.63) is 40.4 Å². The molecule has 1 N–H and O–H groups in total. The molecule has 0 unspecified atom stereocenters. The Hall–Kier alpha value is -1.58. The van der Waals surface area contributed by atoms with E-state index in [9.17, 15) is 9.18 Å². The molecule has 0 spiro atoms. The van der Waals surface area contributed by atoms with Gasteiger partial charge in [-0.15, -0.1) is 0 Å². The third kappa shape index (κ3) is 1.24. The van der Waals surface area contributed by atoms with Gasteiger partial charge < -0.3 is 4.98 Å². The maximum atomic E-state index is 13.3. The molecule has 62 valence electrons. The lowest BCUT2D eigenvalue weighted by Crippen LogP contribution is -2.12. The predicted octanol–water partition coefficient (Wildman–Crippen LogP) is 0.461. The summed E-state index contributed by atoms with van der Waals surface area (Å²) in [6.07, 6.45) is 0. The number of hydrogen-bond donors (Lipinski definition) is 1. The summed E-state index contributed by atoms with van der Waals surface area (Å²) >= 11 is 0. The minimum atomic E-state index is -0.574. The predicted molar refractivity (Wildman–Crippen MR) is 49.9 cm³/mol. The highest BCUT2D eigenvalue weighted by Crippen LogP contribution is 2.10. The summed E-state index contributed by atoms with van der Waals surface area (Å²) < 4.78 is 13.3. The maximum Gasteiger partial charge on any atom is 0.248 e. The summed E-state index contributed by atoms with van der Waals surface area (Å²) in [5.41, 5.74) is -0.140. The van der Waals surface area contributed by atoms with Crippen molar-refractivity contribution >= 4 is 24.2 Å². The van der Waals surface area contributed by atoms with Crippen molar-refractivity contribution in [3.63, 3.8) is 0 Å². The molecule has 0 saturated heterocycles. The first-order valence-corrected chi connectivity index (χ1v) is 3.75. The van der Waals surface area contributed by atoms with Crippen LogP contribution < -0.4 is 11.0 Å². The fraction of sp³-hybridized carbons (Fsp3) is 0. The van der Waals surface area contributed by atoms with Crippen molar-refractivity contribution < 1.29 is 4.39 Å². The Balaban J connectivity index is 2.97. The highest BCUT2D eigenvalue weighted by Gasteiger charge is 2.03. The molecule has 2 aromatic rings. The molecular formula is C9H5BFNO. The number of H-pyrrole nitrogens is 1. The number of fused-ring (bicyclic) bond motifs is 1. The lowest BCUT2D eigenvalue weighted by Gasteiger charge is -2.01. The van der Waals surface area contributed by atoms with E-state index in [0.29, 0.717) is 5.39 Å². The van der Waals surface area contributed by atoms with Gasteiger partial charge in [-0.2, -0.15) is 0 Å². The second-order valence-electron chi connectivity index (χ2n) is 2.76. The van der Waals surface area contributed by atoms with Crippen LogP contribution in [0.25, 0.3) is 10.9 Å². The Morgan fingerprint density at radius 3 is 2.69 bits per heavy atom. The molecule has 0 amide bonds. The standard InChI is InChI=1S/C9H5BFNO/c10-6-3-1-5-2-4-7(13)12-9(5)8(6)11/h1-4H,(H,12,13). The average molecular weight is 173 g/mol. The van der Waals surface area contributed by atoms with Crippen molar-refractivity contribution in [1.29, 1.82) is 0 Å². The van der Waals surface area contributed by atoms with Crippen LogP contribution in [-0.2, 0) is 0 Å². The van der Waals surface area contributed by atoms with E-state index in [1.54, 1.807) is 12.1 Å². The van der Waals surface area contributed by atoms with Gasteiger partial charge in [-0.3, -0.25) is 4.79 Å². The number of hydrogen-bond acceptors (Lipinski definition) is 1. The van der Waals surface area contributed by atoms with E-state index in [1.165, 1.54) is 12.1 Å². The van der Waals surface area contributed by atoms with E-state index < -0.39 is 5.82 Å². The van der Waals surface area contributed by atoms with Crippen molar-refractivity contribution in [3.8, 4) is 0 Å². The first-order chi connectivity index (χ1) is 6.18. The van der Waals surface area contributed by atoms with E-state index in [1.807, 2.05) is 0 Å². The normalized spacial score (nSPS) is 10.5. The molecule has 0 bridgehead atoms. The summed E-state index contributed by atoms with van der Waals surface area (Å²) in [7, 11) is 5.34. The van der Waals surface area contributed by atoms with Gasteiger partial charge in [0.15, 0.2) is 0 Å². The zero-order valence-electron chi connectivity index (χ0n) is 6.67. The first-order valence-electron chi connectivity index (χ1n) is 3.75. The summed E-state index contributed by atoms with van der Waals surface area (Å²) in [6.45, 7) is 0. The van der Waals surface area contributed by atoms with Crippen molar-refractivity contribution in [2.75, 3.05) is 0 Å². The highest BCUT2D eigenvalue weighted by atomic mass is 19.1. The van der Waals surface area contributed by atoms with Gasteiger partial charge in [0.25, 0.3) is 0 Å². The molecule has 2 nitrogen and oxygen atoms in total. The van der Waals surface area contributed by atoms with Crippen LogP contribution in [0.4, 0.5) is 4.39 Å². The van der Waals surface area contributed by atoms with Crippen molar-refractivity contribution in [2.45, 2.75) is 0 Å². The summed E-state index contributed by atoms with van der Waals surface area (Å²) in [4.78, 5) is 13.3. The number of rotatable bonds is 0. The minimum absolute atomic E-state index is 0.0364. The molecule has 4 heteroatoms. The molecule has 2 radical (unpaired) electrons. The number of nitrogens with one attached hydrogen (secondary N) is 1. The fourth-order valence-corrected chi connectivity index (χ4v) is 1.20. The van der Waals surface area contributed by atoms with Crippen LogP contribution >= 0.6 is 0 Å². The van der Waals surface area contributed by atoms with Crippen LogP contribution in [-0.4, -0.2) is 12.8 Å². The van der Waals surface area contributed by atoms with E-state index >= 15 is 0 Å². The number of aromatic nitrogens is 1. The zero-order valence-corrected chi connectivity index (χ0v) is 6.67. The SMILES string of the molecule is [B]c1ccc2ccc(=O)[nH]c2c1F. The third-order valence-corrected chi connectivity index (χ3v) is 1.87. The molecule has 1 heterocycles. The molecule has 13 heavy (non-hydrogen) atoms. The fourth-order valence-electron chi connectivity index (χ4n) is 1.20. The van der Waals surface area contributed by atoms with Gasteiger partial charge in [0.1, 0.15) is 13.7 Å². The average Bonchev–Trinajstić information content (AvgIpc) is 2.12. The Bertz CT molecular complexity index is 520. The molecular weight excluding hydrogens is 168 g/mol. The molecule has 1 aromatic heterocycles. The summed E-state index contributed by atoms with van der Waals surface area (Å²) in [5, 5.41) is 0.631. The van der Waals surface area contributed by atoms with Gasteiger partial charge >= 0.3 is 0 Å². The lowest BCUT2D eigenvalue weighted by atomic mass is 9.94. The van der Waals surface area contributed by atoms with Crippen LogP contribution in [0.2, 0.25) is 0 Å². The first kappa shape index (κ1) is 8.04. The van der Waals surface area contributed by atoms with E-state index in [4.69, 9.17) is 7.85 Å². The van der Waals surface area contributed by atoms with E-state index in [0.717, 1.165) is 0 Å². The molecule has 1 aromatic carbocycles.